The van der Waals surface area contributed by atoms with Crippen LogP contribution in [0.4, 0.5) is 4.79 Å². The SMILES string of the molecule is C#CCSCCNC(=O)N[C@@H](C)C(=O)O. The first kappa shape index (κ1) is 13.7. The molecule has 0 aromatic rings. The number of nitrogens with one attached hydrogen (secondary N) is 2. The number of aliphatic carboxylic acids is 1. The fourth-order valence-electron chi connectivity index (χ4n) is 0.677. The van der Waals surface area contributed by atoms with Gasteiger partial charge in [-0.15, -0.1) is 18.2 Å². The first-order valence-corrected chi connectivity index (χ1v) is 5.51. The Morgan fingerprint density at radius 3 is 2.80 bits per heavy atom. The van der Waals surface area contributed by atoms with Gasteiger partial charge in [-0.05, 0) is 6.92 Å². The van der Waals surface area contributed by atoms with E-state index >= 15 is 0 Å². The molecule has 0 heterocycles. The normalized spacial score (nSPS) is 11.2. The predicted molar refractivity (Wildman–Crippen MR) is 59.8 cm³/mol. The standard InChI is InChI=1S/C9H14N2O3S/c1-3-5-15-6-4-10-9(14)11-7(2)8(12)13/h1,7H,4-6H2,2H3,(H,12,13)(H2,10,11,14)/t7-/m0/s1. The van der Waals surface area contributed by atoms with E-state index in [0.29, 0.717) is 18.1 Å². The van der Waals surface area contributed by atoms with Gasteiger partial charge in [-0.2, -0.15) is 0 Å². The van der Waals surface area contributed by atoms with Crippen LogP contribution in [0.5, 0.6) is 0 Å². The van der Waals surface area contributed by atoms with Gasteiger partial charge in [0.2, 0.25) is 0 Å². The number of amides is 2. The Hall–Kier alpha value is -1.35. The highest BCUT2D eigenvalue weighted by Gasteiger charge is 2.12. The van der Waals surface area contributed by atoms with E-state index in [4.69, 9.17) is 11.5 Å². The number of terminal acetylenes is 1. The number of carboxylic acid groups (broad SMARTS) is 1. The Kier molecular flexibility index (Phi) is 7.28. The van der Waals surface area contributed by atoms with Gasteiger partial charge in [0.1, 0.15) is 6.04 Å². The van der Waals surface area contributed by atoms with E-state index < -0.39 is 18.0 Å². The maximum atomic E-state index is 11.1. The maximum absolute atomic E-state index is 11.1. The third-order valence-electron chi connectivity index (χ3n) is 1.44. The summed E-state index contributed by atoms with van der Waals surface area (Å²) in [5, 5.41) is 13.3. The monoisotopic (exact) mass is 230 g/mol. The Morgan fingerprint density at radius 1 is 1.60 bits per heavy atom. The summed E-state index contributed by atoms with van der Waals surface area (Å²) in [6, 6.07) is -1.37. The molecular formula is C9H14N2O3S. The summed E-state index contributed by atoms with van der Waals surface area (Å²) in [5.41, 5.74) is 0. The van der Waals surface area contributed by atoms with Crippen molar-refractivity contribution in [1.82, 2.24) is 10.6 Å². The second kappa shape index (κ2) is 8.00. The van der Waals surface area contributed by atoms with Crippen molar-refractivity contribution in [3.8, 4) is 12.3 Å². The molecule has 2 amide bonds. The molecule has 0 unspecified atom stereocenters. The Morgan fingerprint density at radius 2 is 2.27 bits per heavy atom. The number of carbonyl (C=O) groups excluding carboxylic acids is 1. The summed E-state index contributed by atoms with van der Waals surface area (Å²) in [4.78, 5) is 21.4. The van der Waals surface area contributed by atoms with Gasteiger partial charge >= 0.3 is 12.0 Å². The molecule has 0 aliphatic rings. The average molecular weight is 230 g/mol. The fourth-order valence-corrected chi connectivity index (χ4v) is 1.19. The molecule has 0 aliphatic heterocycles. The van der Waals surface area contributed by atoms with Crippen molar-refractivity contribution in [2.75, 3.05) is 18.1 Å². The smallest absolute Gasteiger partial charge is 0.325 e. The molecule has 0 spiro atoms. The quantitative estimate of drug-likeness (QED) is 0.447. The van der Waals surface area contributed by atoms with Crippen LogP contribution in [0.1, 0.15) is 6.92 Å². The minimum Gasteiger partial charge on any atom is -0.480 e. The molecule has 0 saturated heterocycles. The second-order valence-corrected chi connectivity index (χ2v) is 3.82. The summed E-state index contributed by atoms with van der Waals surface area (Å²) in [6.45, 7) is 1.86. The number of thioether (sulfide) groups is 1. The van der Waals surface area contributed by atoms with Crippen molar-refractivity contribution in [2.24, 2.45) is 0 Å². The molecule has 6 heteroatoms. The lowest BCUT2D eigenvalue weighted by atomic mass is 10.3. The van der Waals surface area contributed by atoms with Crippen molar-refractivity contribution in [1.29, 1.82) is 0 Å². The number of hydrogen-bond acceptors (Lipinski definition) is 3. The van der Waals surface area contributed by atoms with E-state index in [0.717, 1.165) is 0 Å². The Bertz CT molecular complexity index is 263. The summed E-state index contributed by atoms with van der Waals surface area (Å²) < 4.78 is 0. The van der Waals surface area contributed by atoms with Crippen molar-refractivity contribution in [3.05, 3.63) is 0 Å². The zero-order valence-electron chi connectivity index (χ0n) is 8.45. The van der Waals surface area contributed by atoms with E-state index in [1.807, 2.05) is 0 Å². The van der Waals surface area contributed by atoms with Crippen LogP contribution in [0.15, 0.2) is 0 Å². The van der Waals surface area contributed by atoms with Crippen LogP contribution in [-0.4, -0.2) is 41.2 Å². The minimum atomic E-state index is -1.06. The summed E-state index contributed by atoms with van der Waals surface area (Å²) in [6.07, 6.45) is 5.03. The molecule has 15 heavy (non-hydrogen) atoms. The summed E-state index contributed by atoms with van der Waals surface area (Å²) >= 11 is 1.53. The van der Waals surface area contributed by atoms with E-state index in [2.05, 4.69) is 16.6 Å². The van der Waals surface area contributed by atoms with Crippen molar-refractivity contribution in [3.63, 3.8) is 0 Å². The topological polar surface area (TPSA) is 78.4 Å². The molecule has 0 fully saturated rings. The van der Waals surface area contributed by atoms with Crippen LogP contribution in [0.3, 0.4) is 0 Å². The molecule has 1 atom stereocenters. The summed E-state index contributed by atoms with van der Waals surface area (Å²) in [5.74, 6) is 2.71. The van der Waals surface area contributed by atoms with Gasteiger partial charge in [0, 0.05) is 12.3 Å². The zero-order chi connectivity index (χ0) is 11.7. The van der Waals surface area contributed by atoms with Gasteiger partial charge in [0.05, 0.1) is 5.75 Å². The number of carboxylic acids is 1. The van der Waals surface area contributed by atoms with Gasteiger partial charge in [0.25, 0.3) is 0 Å². The van der Waals surface area contributed by atoms with Gasteiger partial charge < -0.3 is 15.7 Å². The van der Waals surface area contributed by atoms with Crippen molar-refractivity contribution >= 4 is 23.8 Å². The van der Waals surface area contributed by atoms with Gasteiger partial charge in [-0.1, -0.05) is 5.92 Å². The maximum Gasteiger partial charge on any atom is 0.325 e. The molecule has 0 saturated carbocycles. The van der Waals surface area contributed by atoms with Crippen LogP contribution < -0.4 is 10.6 Å². The highest BCUT2D eigenvalue weighted by Crippen LogP contribution is 1.95. The van der Waals surface area contributed by atoms with Gasteiger partial charge in [-0.3, -0.25) is 4.79 Å². The zero-order valence-corrected chi connectivity index (χ0v) is 9.26. The average Bonchev–Trinajstić information content (AvgIpc) is 2.17. The van der Waals surface area contributed by atoms with Crippen molar-refractivity contribution in [2.45, 2.75) is 13.0 Å². The van der Waals surface area contributed by atoms with Gasteiger partial charge in [0.15, 0.2) is 0 Å². The molecule has 0 aliphatic carbocycles. The van der Waals surface area contributed by atoms with E-state index in [1.54, 1.807) is 0 Å². The number of urea groups is 1. The highest BCUT2D eigenvalue weighted by atomic mass is 32.2. The molecule has 0 radical (unpaired) electrons. The first-order valence-electron chi connectivity index (χ1n) is 4.36. The molecule has 0 aromatic heterocycles. The van der Waals surface area contributed by atoms with Crippen LogP contribution in [0.2, 0.25) is 0 Å². The van der Waals surface area contributed by atoms with Crippen LogP contribution in [-0.2, 0) is 4.79 Å². The molecule has 84 valence electrons. The van der Waals surface area contributed by atoms with Crippen LogP contribution in [0.25, 0.3) is 0 Å². The third-order valence-corrected chi connectivity index (χ3v) is 2.30. The fraction of sp³-hybridized carbons (Fsp3) is 0.556. The summed E-state index contributed by atoms with van der Waals surface area (Å²) in [7, 11) is 0. The van der Waals surface area contributed by atoms with E-state index in [9.17, 15) is 9.59 Å². The van der Waals surface area contributed by atoms with Crippen LogP contribution >= 0.6 is 11.8 Å². The number of carbonyl (C=O) groups is 2. The number of hydrogen-bond donors (Lipinski definition) is 3. The first-order chi connectivity index (χ1) is 7.07. The third kappa shape index (κ3) is 7.70. The lowest BCUT2D eigenvalue weighted by Gasteiger charge is -2.10. The Balaban J connectivity index is 3.50. The Labute approximate surface area is 93.0 Å². The van der Waals surface area contributed by atoms with Gasteiger partial charge in [-0.25, -0.2) is 4.79 Å². The highest BCUT2D eigenvalue weighted by molar-refractivity contribution is 7.99. The molecule has 0 rings (SSSR count). The van der Waals surface area contributed by atoms with Crippen molar-refractivity contribution < 1.29 is 14.7 Å². The predicted octanol–water partition coefficient (Wildman–Crippen LogP) is 0.125. The molecule has 0 aromatic carbocycles. The van der Waals surface area contributed by atoms with E-state index in [-0.39, 0.29) is 0 Å². The van der Waals surface area contributed by atoms with E-state index in [1.165, 1.54) is 18.7 Å². The molecule has 3 N–H and O–H groups in total. The lowest BCUT2D eigenvalue weighted by Crippen LogP contribution is -2.44. The largest absolute Gasteiger partial charge is 0.480 e. The number of rotatable bonds is 6. The van der Waals surface area contributed by atoms with Crippen LogP contribution in [0, 0.1) is 12.3 Å². The molecule has 0 bridgehead atoms. The molecular weight excluding hydrogens is 216 g/mol. The minimum absolute atomic E-state index is 0.463. The lowest BCUT2D eigenvalue weighted by molar-refractivity contribution is -0.138. The second-order valence-electron chi connectivity index (χ2n) is 2.72. The molecule has 5 nitrogen and oxygen atoms in total.